The van der Waals surface area contributed by atoms with E-state index in [4.69, 9.17) is 0 Å². The molecule has 1 heterocycles. The van der Waals surface area contributed by atoms with E-state index in [1.165, 1.54) is 0 Å². The van der Waals surface area contributed by atoms with Gasteiger partial charge in [-0.05, 0) is 32.9 Å². The smallest absolute Gasteiger partial charge is 0.445 e. The molecule has 1 rings (SSSR count). The van der Waals surface area contributed by atoms with Crippen molar-refractivity contribution in [2.75, 3.05) is 13.1 Å². The van der Waals surface area contributed by atoms with Gasteiger partial charge in [0.25, 0.3) is 0 Å². The van der Waals surface area contributed by atoms with E-state index in [0.29, 0.717) is 0 Å². The first-order valence-electron chi connectivity index (χ1n) is 4.53. The van der Waals surface area contributed by atoms with Crippen LogP contribution in [0.25, 0.3) is 0 Å². The molecule has 0 aromatic rings. The van der Waals surface area contributed by atoms with Crippen molar-refractivity contribution in [1.29, 1.82) is 0 Å². The Labute approximate surface area is 76.7 Å². The van der Waals surface area contributed by atoms with Crippen LogP contribution in [0, 0.1) is 0 Å². The number of nitrogens with zero attached hydrogens (tertiary/aromatic N) is 1. The van der Waals surface area contributed by atoms with Crippen molar-refractivity contribution in [2.24, 2.45) is 0 Å². The lowest BCUT2D eigenvalue weighted by Gasteiger charge is -2.26. The number of hydrogen-bond donors (Lipinski definition) is 0. The van der Waals surface area contributed by atoms with E-state index in [1.54, 1.807) is 0 Å². The van der Waals surface area contributed by atoms with Crippen LogP contribution in [0.2, 0.25) is 0 Å². The number of halogens is 3. The normalized spacial score (nSPS) is 25.1. The molecule has 1 fully saturated rings. The Bertz CT molecular complexity index is 202. The molecule has 1 atom stereocenters. The van der Waals surface area contributed by atoms with Crippen LogP contribution in [-0.4, -0.2) is 31.0 Å². The molecule has 0 N–H and O–H groups in total. The van der Waals surface area contributed by atoms with Crippen LogP contribution >= 0.6 is 0 Å². The lowest BCUT2D eigenvalue weighted by Crippen LogP contribution is -2.34. The van der Waals surface area contributed by atoms with Gasteiger partial charge in [-0.2, -0.15) is 0 Å². The lowest BCUT2D eigenvalue weighted by molar-refractivity contribution is 0.290. The van der Waals surface area contributed by atoms with Gasteiger partial charge >= 0.3 is 6.98 Å². The average Bonchev–Trinajstić information content (AvgIpc) is 2.34. The van der Waals surface area contributed by atoms with Crippen LogP contribution in [0.1, 0.15) is 19.8 Å². The maximum atomic E-state index is 12.2. The van der Waals surface area contributed by atoms with Crippen LogP contribution in [0.5, 0.6) is 0 Å². The summed E-state index contributed by atoms with van der Waals surface area (Å²) < 4.78 is 36.5. The molecule has 5 heteroatoms. The Hall–Kier alpha value is -0.445. The second-order valence-electron chi connectivity index (χ2n) is 3.69. The van der Waals surface area contributed by atoms with Crippen LogP contribution in [-0.2, 0) is 0 Å². The quantitative estimate of drug-likeness (QED) is 0.620. The summed E-state index contributed by atoms with van der Waals surface area (Å²) in [7, 11) is 0. The Balaban J connectivity index is 2.45. The molecule has 0 spiro atoms. The molecular formula is C8H14BF3N-. The van der Waals surface area contributed by atoms with Gasteiger partial charge in [-0.3, -0.25) is 4.90 Å². The fourth-order valence-electron chi connectivity index (χ4n) is 1.59. The van der Waals surface area contributed by atoms with E-state index in [-0.39, 0.29) is 12.6 Å². The Morgan fingerprint density at radius 3 is 2.54 bits per heavy atom. The summed E-state index contributed by atoms with van der Waals surface area (Å²) in [6.07, 6.45) is 2.00. The van der Waals surface area contributed by atoms with Crippen molar-refractivity contribution in [1.82, 2.24) is 4.90 Å². The van der Waals surface area contributed by atoms with Gasteiger partial charge in [-0.25, -0.2) is 0 Å². The van der Waals surface area contributed by atoms with E-state index in [1.807, 2.05) is 11.8 Å². The molecule has 0 saturated carbocycles. The van der Waals surface area contributed by atoms with Gasteiger partial charge in [0.15, 0.2) is 0 Å². The van der Waals surface area contributed by atoms with Gasteiger partial charge in [-0.15, -0.1) is 12.1 Å². The van der Waals surface area contributed by atoms with Gasteiger partial charge in [0, 0.05) is 6.04 Å². The Kier molecular flexibility index (Phi) is 3.06. The molecule has 1 unspecified atom stereocenters. The van der Waals surface area contributed by atoms with Gasteiger partial charge in [0.2, 0.25) is 0 Å². The second-order valence-corrected chi connectivity index (χ2v) is 3.69. The molecule has 1 aliphatic rings. The maximum Gasteiger partial charge on any atom is 0.506 e. The minimum atomic E-state index is -4.85. The Morgan fingerprint density at radius 2 is 2.15 bits per heavy atom. The standard InChI is InChI=1S/C8H14BF3N/c1-7(9(10,11)12)6-13-5-3-4-8(13)2/h8H,1,3-6H2,2H3/q-1. The molecule has 0 aromatic carbocycles. The van der Waals surface area contributed by atoms with Gasteiger partial charge in [0.05, 0.1) is 0 Å². The molecule has 0 radical (unpaired) electrons. The molecule has 76 valence electrons. The maximum absolute atomic E-state index is 12.2. The SMILES string of the molecule is C=C(CN1CCCC1C)[B-](F)(F)F. The summed E-state index contributed by atoms with van der Waals surface area (Å²) in [6, 6.07) is 0.273. The monoisotopic (exact) mass is 192 g/mol. The molecule has 1 saturated heterocycles. The largest absolute Gasteiger partial charge is 0.506 e. The fraction of sp³-hybridized carbons (Fsp3) is 0.750. The van der Waals surface area contributed by atoms with Crippen molar-refractivity contribution in [3.63, 3.8) is 0 Å². The zero-order valence-electron chi connectivity index (χ0n) is 7.77. The van der Waals surface area contributed by atoms with E-state index >= 15 is 0 Å². The van der Waals surface area contributed by atoms with Crippen LogP contribution in [0.15, 0.2) is 12.1 Å². The fourth-order valence-corrected chi connectivity index (χ4v) is 1.59. The highest BCUT2D eigenvalue weighted by Crippen LogP contribution is 2.23. The Morgan fingerprint density at radius 1 is 1.54 bits per heavy atom. The predicted octanol–water partition coefficient (Wildman–Crippen LogP) is 2.41. The summed E-state index contributed by atoms with van der Waals surface area (Å²) >= 11 is 0. The van der Waals surface area contributed by atoms with Gasteiger partial charge in [0.1, 0.15) is 0 Å². The highest BCUT2D eigenvalue weighted by Gasteiger charge is 2.30. The van der Waals surface area contributed by atoms with Gasteiger partial charge in [-0.1, -0.05) is 0 Å². The average molecular weight is 192 g/mol. The molecule has 0 bridgehead atoms. The second kappa shape index (κ2) is 3.74. The third-order valence-corrected chi connectivity index (χ3v) is 2.56. The number of hydrogen-bond acceptors (Lipinski definition) is 1. The van der Waals surface area contributed by atoms with Crippen LogP contribution in [0.3, 0.4) is 0 Å². The number of likely N-dealkylation sites (tertiary alicyclic amines) is 1. The lowest BCUT2D eigenvalue weighted by atomic mass is 9.80. The van der Waals surface area contributed by atoms with E-state index in [2.05, 4.69) is 6.58 Å². The highest BCUT2D eigenvalue weighted by atomic mass is 19.4. The van der Waals surface area contributed by atoms with Crippen molar-refractivity contribution >= 4 is 6.98 Å². The van der Waals surface area contributed by atoms with Crippen LogP contribution < -0.4 is 0 Å². The number of rotatable bonds is 3. The zero-order chi connectivity index (χ0) is 10.1. The van der Waals surface area contributed by atoms with Crippen molar-refractivity contribution in [3.05, 3.63) is 12.1 Å². The van der Waals surface area contributed by atoms with Crippen molar-refractivity contribution in [2.45, 2.75) is 25.8 Å². The van der Waals surface area contributed by atoms with E-state index in [0.717, 1.165) is 19.4 Å². The molecule has 1 aliphatic heterocycles. The first kappa shape index (κ1) is 10.6. The van der Waals surface area contributed by atoms with Crippen molar-refractivity contribution in [3.8, 4) is 0 Å². The first-order chi connectivity index (χ1) is 5.91. The predicted molar refractivity (Wildman–Crippen MR) is 48.5 cm³/mol. The third kappa shape index (κ3) is 2.76. The summed E-state index contributed by atoms with van der Waals surface area (Å²) in [4.78, 5) is 1.84. The highest BCUT2D eigenvalue weighted by molar-refractivity contribution is 6.66. The third-order valence-electron chi connectivity index (χ3n) is 2.56. The van der Waals surface area contributed by atoms with Crippen LogP contribution in [0.4, 0.5) is 12.9 Å². The summed E-state index contributed by atoms with van der Waals surface area (Å²) in [5.74, 6) is 0. The summed E-state index contributed by atoms with van der Waals surface area (Å²) in [5.41, 5.74) is -0.575. The van der Waals surface area contributed by atoms with Crippen molar-refractivity contribution < 1.29 is 12.9 Å². The topological polar surface area (TPSA) is 3.24 Å². The molecular weight excluding hydrogens is 178 g/mol. The minimum absolute atomic E-state index is 0.00926. The summed E-state index contributed by atoms with van der Waals surface area (Å²) in [5, 5.41) is 0. The molecule has 0 aliphatic carbocycles. The molecule has 0 aromatic heterocycles. The first-order valence-corrected chi connectivity index (χ1v) is 4.53. The van der Waals surface area contributed by atoms with Gasteiger partial charge < -0.3 is 12.9 Å². The molecule has 1 nitrogen and oxygen atoms in total. The van der Waals surface area contributed by atoms with E-state index < -0.39 is 12.4 Å². The minimum Gasteiger partial charge on any atom is -0.445 e. The molecule has 0 amide bonds. The van der Waals surface area contributed by atoms with E-state index in [9.17, 15) is 12.9 Å². The molecule has 13 heavy (non-hydrogen) atoms. The summed E-state index contributed by atoms with van der Waals surface area (Å²) in [6.45, 7) is 0.962. The zero-order valence-corrected chi connectivity index (χ0v) is 7.77.